The monoisotopic (exact) mass is 244 g/mol. The van der Waals surface area contributed by atoms with Crippen LogP contribution < -0.4 is 5.73 Å². The second-order valence-electron chi connectivity index (χ2n) is 3.00. The van der Waals surface area contributed by atoms with Gasteiger partial charge in [0.15, 0.2) is 9.84 Å². The summed E-state index contributed by atoms with van der Waals surface area (Å²) in [5.41, 5.74) is 5.62. The number of nitrogen functional groups attached to an aromatic ring is 1. The zero-order chi connectivity index (χ0) is 11.6. The first kappa shape index (κ1) is 11.8. The number of hydrogen-bond acceptors (Lipinski definition) is 4. The molecule has 1 unspecified atom stereocenters. The van der Waals surface area contributed by atoms with Gasteiger partial charge in [-0.2, -0.15) is 5.26 Å². The summed E-state index contributed by atoms with van der Waals surface area (Å²) in [6, 6.07) is 5.81. The van der Waals surface area contributed by atoms with E-state index in [1.165, 1.54) is 25.1 Å². The van der Waals surface area contributed by atoms with Crippen molar-refractivity contribution in [3.63, 3.8) is 0 Å². The Bertz CT molecular complexity index is 519. The van der Waals surface area contributed by atoms with Gasteiger partial charge >= 0.3 is 0 Å². The molecule has 0 aromatic heterocycles. The molecule has 0 bridgehead atoms. The quantitative estimate of drug-likeness (QED) is 0.801. The van der Waals surface area contributed by atoms with Crippen LogP contribution in [0.3, 0.4) is 0 Å². The van der Waals surface area contributed by atoms with Crippen molar-refractivity contribution in [1.29, 1.82) is 5.26 Å². The van der Waals surface area contributed by atoms with Crippen LogP contribution in [0.5, 0.6) is 0 Å². The van der Waals surface area contributed by atoms with Crippen LogP contribution in [0, 0.1) is 11.3 Å². The Labute approximate surface area is 93.2 Å². The number of nitrogens with zero attached hydrogens (tertiary/aromatic N) is 1. The SMILES string of the molecule is CC(C#N)S(=O)(=O)c1cc(Cl)ccc1N. The largest absolute Gasteiger partial charge is 0.398 e. The summed E-state index contributed by atoms with van der Waals surface area (Å²) in [7, 11) is -3.71. The standard InChI is InChI=1S/C9H9ClN2O2S/c1-6(5-11)15(13,14)9-4-7(10)2-3-8(9)12/h2-4,6H,12H2,1H3. The van der Waals surface area contributed by atoms with E-state index in [1.807, 2.05) is 0 Å². The molecular weight excluding hydrogens is 236 g/mol. The van der Waals surface area contributed by atoms with E-state index in [1.54, 1.807) is 6.07 Å². The predicted octanol–water partition coefficient (Wildman–Crippen LogP) is 1.61. The van der Waals surface area contributed by atoms with Crippen molar-refractivity contribution < 1.29 is 8.42 Å². The van der Waals surface area contributed by atoms with Crippen molar-refractivity contribution >= 4 is 27.1 Å². The zero-order valence-corrected chi connectivity index (χ0v) is 9.51. The third kappa shape index (κ3) is 2.22. The molecule has 0 saturated carbocycles. The van der Waals surface area contributed by atoms with Crippen molar-refractivity contribution in [2.75, 3.05) is 5.73 Å². The molecule has 4 nitrogen and oxygen atoms in total. The average molecular weight is 245 g/mol. The molecule has 15 heavy (non-hydrogen) atoms. The summed E-state index contributed by atoms with van der Waals surface area (Å²) in [4.78, 5) is -0.0935. The van der Waals surface area contributed by atoms with Crippen LogP contribution in [-0.2, 0) is 9.84 Å². The van der Waals surface area contributed by atoms with Gasteiger partial charge in [-0.1, -0.05) is 11.6 Å². The van der Waals surface area contributed by atoms with Gasteiger partial charge < -0.3 is 5.73 Å². The molecule has 2 N–H and O–H groups in total. The molecule has 1 atom stereocenters. The van der Waals surface area contributed by atoms with Crippen LogP contribution in [0.2, 0.25) is 5.02 Å². The minimum Gasteiger partial charge on any atom is -0.398 e. The Hall–Kier alpha value is -1.25. The van der Waals surface area contributed by atoms with Crippen molar-refractivity contribution in [3.8, 4) is 6.07 Å². The van der Waals surface area contributed by atoms with Gasteiger partial charge in [0.2, 0.25) is 0 Å². The molecular formula is C9H9ClN2O2S. The minimum atomic E-state index is -3.71. The number of nitrogens with two attached hydrogens (primary N) is 1. The Morgan fingerprint density at radius 1 is 1.53 bits per heavy atom. The third-order valence-corrected chi connectivity index (χ3v) is 4.17. The molecule has 0 amide bonds. The molecule has 0 heterocycles. The smallest absolute Gasteiger partial charge is 0.196 e. The van der Waals surface area contributed by atoms with E-state index in [0.29, 0.717) is 0 Å². The van der Waals surface area contributed by atoms with Crippen LogP contribution in [0.4, 0.5) is 5.69 Å². The lowest BCUT2D eigenvalue weighted by Gasteiger charge is -2.08. The van der Waals surface area contributed by atoms with E-state index in [0.717, 1.165) is 0 Å². The number of sulfone groups is 1. The molecule has 1 aromatic carbocycles. The number of halogens is 1. The molecule has 0 radical (unpaired) electrons. The number of benzene rings is 1. The summed E-state index contributed by atoms with van der Waals surface area (Å²) in [5.74, 6) is 0. The van der Waals surface area contributed by atoms with Crippen molar-refractivity contribution in [1.82, 2.24) is 0 Å². The molecule has 1 aromatic rings. The maximum atomic E-state index is 11.8. The Morgan fingerprint density at radius 2 is 2.13 bits per heavy atom. The van der Waals surface area contributed by atoms with Crippen LogP contribution in [0.1, 0.15) is 6.92 Å². The molecule has 0 aliphatic rings. The second kappa shape index (κ2) is 4.09. The molecule has 0 fully saturated rings. The fourth-order valence-electron chi connectivity index (χ4n) is 1.01. The normalized spacial score (nSPS) is 13.1. The van der Waals surface area contributed by atoms with Crippen molar-refractivity contribution in [3.05, 3.63) is 23.2 Å². The Balaban J connectivity index is 3.41. The molecule has 6 heteroatoms. The van der Waals surface area contributed by atoms with Gasteiger partial charge in [0.25, 0.3) is 0 Å². The first-order chi connectivity index (χ1) is 6.89. The van der Waals surface area contributed by atoms with Crippen LogP contribution in [0.15, 0.2) is 23.1 Å². The lowest BCUT2D eigenvalue weighted by atomic mass is 10.3. The summed E-state index contributed by atoms with van der Waals surface area (Å²) in [5, 5.41) is 7.72. The van der Waals surface area contributed by atoms with Gasteiger partial charge in [-0.15, -0.1) is 0 Å². The lowest BCUT2D eigenvalue weighted by molar-refractivity contribution is 0.592. The Morgan fingerprint density at radius 3 is 2.67 bits per heavy atom. The fraction of sp³-hybridized carbons (Fsp3) is 0.222. The maximum absolute atomic E-state index is 11.8. The van der Waals surface area contributed by atoms with E-state index < -0.39 is 15.1 Å². The highest BCUT2D eigenvalue weighted by atomic mass is 35.5. The highest BCUT2D eigenvalue weighted by Crippen LogP contribution is 2.25. The number of nitriles is 1. The number of hydrogen-bond donors (Lipinski definition) is 1. The Kier molecular flexibility index (Phi) is 3.22. The number of anilines is 1. The molecule has 0 saturated heterocycles. The van der Waals surface area contributed by atoms with Gasteiger partial charge in [-0.3, -0.25) is 0 Å². The van der Waals surface area contributed by atoms with Gasteiger partial charge in [0, 0.05) is 5.02 Å². The molecule has 80 valence electrons. The summed E-state index contributed by atoms with van der Waals surface area (Å²) in [6.07, 6.45) is 0. The fourth-order valence-corrected chi connectivity index (χ4v) is 2.46. The van der Waals surface area contributed by atoms with Gasteiger partial charge in [0.05, 0.1) is 16.7 Å². The lowest BCUT2D eigenvalue weighted by Crippen LogP contribution is -2.17. The topological polar surface area (TPSA) is 84.0 Å². The molecule has 1 rings (SSSR count). The summed E-state index contributed by atoms with van der Waals surface area (Å²) < 4.78 is 23.6. The van der Waals surface area contributed by atoms with Crippen molar-refractivity contribution in [2.45, 2.75) is 17.1 Å². The van der Waals surface area contributed by atoms with Crippen molar-refractivity contribution in [2.24, 2.45) is 0 Å². The van der Waals surface area contributed by atoms with E-state index in [-0.39, 0.29) is 15.6 Å². The molecule has 0 spiro atoms. The first-order valence-corrected chi connectivity index (χ1v) is 6.00. The van der Waals surface area contributed by atoms with E-state index in [2.05, 4.69) is 0 Å². The van der Waals surface area contributed by atoms with E-state index in [4.69, 9.17) is 22.6 Å². The number of rotatable bonds is 2. The highest BCUT2D eigenvalue weighted by molar-refractivity contribution is 7.92. The first-order valence-electron chi connectivity index (χ1n) is 4.08. The minimum absolute atomic E-state index is 0.0935. The average Bonchev–Trinajstić information content (AvgIpc) is 2.20. The highest BCUT2D eigenvalue weighted by Gasteiger charge is 2.25. The van der Waals surface area contributed by atoms with Crippen LogP contribution in [-0.4, -0.2) is 13.7 Å². The van der Waals surface area contributed by atoms with Crippen LogP contribution in [0.25, 0.3) is 0 Å². The van der Waals surface area contributed by atoms with Crippen LogP contribution >= 0.6 is 11.6 Å². The molecule has 0 aliphatic heterocycles. The van der Waals surface area contributed by atoms with Gasteiger partial charge in [-0.25, -0.2) is 8.42 Å². The predicted molar refractivity (Wildman–Crippen MR) is 58.1 cm³/mol. The second-order valence-corrected chi connectivity index (χ2v) is 5.67. The third-order valence-electron chi connectivity index (χ3n) is 1.93. The van der Waals surface area contributed by atoms with E-state index >= 15 is 0 Å². The summed E-state index contributed by atoms with van der Waals surface area (Å²) >= 11 is 5.67. The van der Waals surface area contributed by atoms with E-state index in [9.17, 15) is 8.42 Å². The maximum Gasteiger partial charge on any atom is 0.196 e. The summed E-state index contributed by atoms with van der Waals surface area (Å²) in [6.45, 7) is 1.30. The van der Waals surface area contributed by atoms with Gasteiger partial charge in [0.1, 0.15) is 5.25 Å². The molecule has 0 aliphatic carbocycles. The zero-order valence-electron chi connectivity index (χ0n) is 7.94. The van der Waals surface area contributed by atoms with Gasteiger partial charge in [-0.05, 0) is 25.1 Å².